The largest absolute Gasteiger partial charge is 0.497 e. The van der Waals surface area contributed by atoms with Gasteiger partial charge in [0.15, 0.2) is 5.82 Å². The average Bonchev–Trinajstić information content (AvgIpc) is 3.32. The Hall–Kier alpha value is -3.88. The summed E-state index contributed by atoms with van der Waals surface area (Å²) in [5.41, 5.74) is 3.10. The summed E-state index contributed by atoms with van der Waals surface area (Å²) in [6.45, 7) is 5.49. The van der Waals surface area contributed by atoms with Crippen molar-refractivity contribution in [2.24, 2.45) is 5.92 Å². The number of aryl methyl sites for hydroxylation is 2. The van der Waals surface area contributed by atoms with Crippen molar-refractivity contribution in [1.82, 2.24) is 29.4 Å². The van der Waals surface area contributed by atoms with Gasteiger partial charge in [-0.2, -0.15) is 5.10 Å². The topological polar surface area (TPSA) is 98.0 Å². The molecule has 32 heavy (non-hydrogen) atoms. The number of ether oxygens (including phenoxy) is 1. The summed E-state index contributed by atoms with van der Waals surface area (Å²) in [7, 11) is 1.61. The molecule has 4 heterocycles. The summed E-state index contributed by atoms with van der Waals surface area (Å²) >= 11 is 0. The van der Waals surface area contributed by atoms with Crippen molar-refractivity contribution in [3.63, 3.8) is 0 Å². The van der Waals surface area contributed by atoms with E-state index < -0.39 is 0 Å². The van der Waals surface area contributed by atoms with Gasteiger partial charge in [0.05, 0.1) is 19.3 Å². The summed E-state index contributed by atoms with van der Waals surface area (Å²) in [4.78, 5) is 30.2. The Morgan fingerprint density at radius 1 is 1.12 bits per heavy atom. The fraction of sp³-hybridized carbons (Fsp3) is 0.304. The number of rotatable bonds is 5. The van der Waals surface area contributed by atoms with Crippen LogP contribution >= 0.6 is 0 Å². The Labute approximate surface area is 184 Å². The minimum absolute atomic E-state index is 0.0480. The first-order valence-electron chi connectivity index (χ1n) is 10.5. The van der Waals surface area contributed by atoms with Gasteiger partial charge in [0.25, 0.3) is 11.5 Å². The maximum Gasteiger partial charge on any atom is 0.270 e. The van der Waals surface area contributed by atoms with E-state index in [1.165, 1.54) is 10.7 Å². The molecule has 1 N–H and O–H groups in total. The molecule has 3 aromatic heterocycles. The van der Waals surface area contributed by atoms with Crippen LogP contribution in [0.3, 0.4) is 0 Å². The lowest BCUT2D eigenvalue weighted by atomic mass is 10.00. The molecular formula is C23H24N6O3. The van der Waals surface area contributed by atoms with Crippen LogP contribution in [0, 0.1) is 19.8 Å². The Morgan fingerprint density at radius 2 is 1.94 bits per heavy atom. The first-order chi connectivity index (χ1) is 15.4. The van der Waals surface area contributed by atoms with E-state index in [1.807, 2.05) is 44.2 Å². The van der Waals surface area contributed by atoms with Gasteiger partial charge in [-0.15, -0.1) is 5.10 Å². The summed E-state index contributed by atoms with van der Waals surface area (Å²) in [5, 5.41) is 9.89. The quantitative estimate of drug-likeness (QED) is 0.522. The summed E-state index contributed by atoms with van der Waals surface area (Å²) in [5.74, 6) is 1.47. The first-order valence-corrected chi connectivity index (χ1v) is 10.5. The molecule has 1 saturated heterocycles. The van der Waals surface area contributed by atoms with Crippen molar-refractivity contribution < 1.29 is 9.53 Å². The van der Waals surface area contributed by atoms with E-state index in [1.54, 1.807) is 22.8 Å². The highest BCUT2D eigenvalue weighted by molar-refractivity contribution is 5.98. The number of carbonyl (C=O) groups excluding carboxylic acids is 1. The second-order valence-electron chi connectivity index (χ2n) is 8.26. The summed E-state index contributed by atoms with van der Waals surface area (Å²) in [6, 6.07) is 12.7. The number of aromatic amines is 1. The molecule has 0 saturated carbocycles. The van der Waals surface area contributed by atoms with Gasteiger partial charge in [-0.3, -0.25) is 9.59 Å². The number of benzene rings is 1. The molecule has 1 amide bonds. The zero-order chi connectivity index (χ0) is 22.4. The number of amides is 1. The van der Waals surface area contributed by atoms with Crippen molar-refractivity contribution in [3.8, 4) is 11.6 Å². The molecule has 1 aliphatic heterocycles. The highest BCUT2D eigenvalue weighted by Crippen LogP contribution is 2.24. The Balaban J connectivity index is 1.27. The monoisotopic (exact) mass is 432 g/mol. The van der Waals surface area contributed by atoms with Gasteiger partial charge in [-0.25, -0.2) is 9.36 Å². The fourth-order valence-electron chi connectivity index (χ4n) is 4.16. The van der Waals surface area contributed by atoms with Gasteiger partial charge in [0.2, 0.25) is 0 Å². The Bertz CT molecular complexity index is 1380. The van der Waals surface area contributed by atoms with E-state index in [0.717, 1.165) is 28.0 Å². The van der Waals surface area contributed by atoms with Crippen LogP contribution in [-0.4, -0.2) is 55.6 Å². The third kappa shape index (κ3) is 3.55. The molecule has 0 aliphatic carbocycles. The number of hydrogen-bond donors (Lipinski definition) is 1. The number of H-pyrrole nitrogens is 1. The number of fused-ring (bicyclic) bond motifs is 1. The summed E-state index contributed by atoms with van der Waals surface area (Å²) < 4.78 is 8.44. The molecule has 0 bridgehead atoms. The number of nitrogens with one attached hydrogen (secondary N) is 1. The second-order valence-corrected chi connectivity index (χ2v) is 8.26. The number of nitrogens with zero attached hydrogens (tertiary/aromatic N) is 5. The van der Waals surface area contributed by atoms with E-state index >= 15 is 0 Å². The number of carbonyl (C=O) groups is 1. The lowest BCUT2D eigenvalue weighted by Gasteiger charge is -2.39. The lowest BCUT2D eigenvalue weighted by Crippen LogP contribution is -2.52. The van der Waals surface area contributed by atoms with Crippen LogP contribution in [0.2, 0.25) is 0 Å². The van der Waals surface area contributed by atoms with E-state index in [0.29, 0.717) is 31.1 Å². The van der Waals surface area contributed by atoms with E-state index in [-0.39, 0.29) is 17.4 Å². The van der Waals surface area contributed by atoms with Crippen molar-refractivity contribution in [2.45, 2.75) is 20.4 Å². The molecule has 9 heteroatoms. The smallest absolute Gasteiger partial charge is 0.270 e. The van der Waals surface area contributed by atoms with E-state index in [4.69, 9.17) is 4.74 Å². The SMILES string of the molecule is COc1ccc2cc(C(=O)N3CC(Cn4nc(-n5nc(C)cc5C)ccc4=O)C3)[nH]c2c1. The first kappa shape index (κ1) is 20.0. The summed E-state index contributed by atoms with van der Waals surface area (Å²) in [6.07, 6.45) is 0. The van der Waals surface area contributed by atoms with Crippen LogP contribution in [0.15, 0.2) is 47.3 Å². The van der Waals surface area contributed by atoms with Crippen LogP contribution < -0.4 is 10.3 Å². The number of hydrogen-bond acceptors (Lipinski definition) is 5. The molecule has 9 nitrogen and oxygen atoms in total. The molecule has 164 valence electrons. The van der Waals surface area contributed by atoms with E-state index in [9.17, 15) is 9.59 Å². The van der Waals surface area contributed by atoms with Crippen molar-refractivity contribution >= 4 is 16.8 Å². The van der Waals surface area contributed by atoms with Gasteiger partial charge in [-0.1, -0.05) is 0 Å². The minimum Gasteiger partial charge on any atom is -0.497 e. The van der Waals surface area contributed by atoms with Crippen molar-refractivity contribution in [1.29, 1.82) is 0 Å². The van der Waals surface area contributed by atoms with Crippen LogP contribution in [0.4, 0.5) is 0 Å². The molecule has 0 unspecified atom stereocenters. The Morgan fingerprint density at radius 3 is 2.66 bits per heavy atom. The molecule has 1 aliphatic rings. The van der Waals surface area contributed by atoms with Gasteiger partial charge in [0, 0.05) is 47.7 Å². The molecule has 4 aromatic rings. The maximum absolute atomic E-state index is 12.9. The third-order valence-corrected chi connectivity index (χ3v) is 5.81. The predicted octanol–water partition coefficient (Wildman–Crippen LogP) is 2.31. The average molecular weight is 432 g/mol. The predicted molar refractivity (Wildman–Crippen MR) is 119 cm³/mol. The van der Waals surface area contributed by atoms with Gasteiger partial charge in [-0.05, 0) is 44.2 Å². The minimum atomic E-state index is -0.162. The van der Waals surface area contributed by atoms with Crippen LogP contribution in [0.1, 0.15) is 21.9 Å². The van der Waals surface area contributed by atoms with Gasteiger partial charge < -0.3 is 14.6 Å². The molecule has 5 rings (SSSR count). The Kier molecular flexibility index (Phi) is 4.80. The maximum atomic E-state index is 12.9. The van der Waals surface area contributed by atoms with Gasteiger partial charge in [0.1, 0.15) is 11.4 Å². The molecule has 0 atom stereocenters. The molecular weight excluding hydrogens is 408 g/mol. The fourth-order valence-corrected chi connectivity index (χ4v) is 4.16. The standard InChI is InChI=1S/C23H24N6O3/c1-14-8-15(2)29(25-14)21-6-7-22(30)28(26-21)13-16-11-27(12-16)23(31)20-9-17-4-5-18(32-3)10-19(17)24-20/h4-10,16,24H,11-13H2,1-3H3. The molecule has 1 fully saturated rings. The number of likely N-dealkylation sites (tertiary alicyclic amines) is 1. The van der Waals surface area contributed by atoms with Crippen LogP contribution in [0.25, 0.3) is 16.7 Å². The highest BCUT2D eigenvalue weighted by Gasteiger charge is 2.32. The molecule has 0 spiro atoms. The molecule has 1 aromatic carbocycles. The number of aromatic nitrogens is 5. The van der Waals surface area contributed by atoms with Crippen LogP contribution in [-0.2, 0) is 6.54 Å². The zero-order valence-corrected chi connectivity index (χ0v) is 18.2. The van der Waals surface area contributed by atoms with Crippen molar-refractivity contribution in [2.75, 3.05) is 20.2 Å². The highest BCUT2D eigenvalue weighted by atomic mass is 16.5. The van der Waals surface area contributed by atoms with Crippen LogP contribution in [0.5, 0.6) is 5.75 Å². The molecule has 0 radical (unpaired) electrons. The lowest BCUT2D eigenvalue weighted by molar-refractivity contribution is 0.0453. The second kappa shape index (κ2) is 7.67. The van der Waals surface area contributed by atoms with E-state index in [2.05, 4.69) is 15.2 Å². The zero-order valence-electron chi connectivity index (χ0n) is 18.2. The third-order valence-electron chi connectivity index (χ3n) is 5.81. The number of methoxy groups -OCH3 is 1. The normalized spacial score (nSPS) is 14.0. The van der Waals surface area contributed by atoms with Gasteiger partial charge >= 0.3 is 0 Å². The van der Waals surface area contributed by atoms with Crippen molar-refractivity contribution in [3.05, 3.63) is 69.9 Å².